The smallest absolute Gasteiger partial charge is 0.0628 e. The van der Waals surface area contributed by atoms with Crippen molar-refractivity contribution in [2.45, 2.75) is 38.6 Å². The van der Waals surface area contributed by atoms with E-state index >= 15 is 0 Å². The molecule has 3 heteroatoms. The first kappa shape index (κ1) is 12.9. The lowest BCUT2D eigenvalue weighted by Gasteiger charge is -2.37. The van der Waals surface area contributed by atoms with Gasteiger partial charge in [0.15, 0.2) is 0 Å². The molecule has 1 fully saturated rings. The Kier molecular flexibility index (Phi) is 5.03. The highest BCUT2D eigenvalue weighted by atomic mass is 16.3. The molecule has 1 saturated carbocycles. The highest BCUT2D eigenvalue weighted by Gasteiger charge is 2.44. The Hall–Kier alpha value is -0.120. The summed E-state index contributed by atoms with van der Waals surface area (Å²) in [6.07, 6.45) is 3.72. The Bertz CT molecular complexity index is 182. The van der Waals surface area contributed by atoms with Gasteiger partial charge in [0.25, 0.3) is 0 Å². The summed E-state index contributed by atoms with van der Waals surface area (Å²) < 4.78 is 0. The number of hydrogen-bond donors (Lipinski definition) is 2. The molecule has 90 valence electrons. The molecule has 15 heavy (non-hydrogen) atoms. The van der Waals surface area contributed by atoms with E-state index in [2.05, 4.69) is 31.1 Å². The molecular weight excluding hydrogens is 188 g/mol. The van der Waals surface area contributed by atoms with Crippen molar-refractivity contribution in [2.75, 3.05) is 33.3 Å². The maximum Gasteiger partial charge on any atom is 0.0628 e. The minimum Gasteiger partial charge on any atom is -0.394 e. The van der Waals surface area contributed by atoms with E-state index in [-0.39, 0.29) is 12.1 Å². The minimum atomic E-state index is -0.0430. The molecule has 0 amide bonds. The zero-order chi connectivity index (χ0) is 11.3. The van der Waals surface area contributed by atoms with Crippen molar-refractivity contribution < 1.29 is 5.11 Å². The summed E-state index contributed by atoms with van der Waals surface area (Å²) >= 11 is 0. The topological polar surface area (TPSA) is 35.5 Å². The van der Waals surface area contributed by atoms with Gasteiger partial charge in [-0.2, -0.15) is 0 Å². The quantitative estimate of drug-likeness (QED) is 0.634. The number of aliphatic hydroxyl groups is 1. The van der Waals surface area contributed by atoms with Gasteiger partial charge in [0, 0.05) is 6.54 Å². The van der Waals surface area contributed by atoms with E-state index in [1.807, 2.05) is 0 Å². The molecule has 1 rings (SSSR count). The number of nitrogens with one attached hydrogen (secondary N) is 1. The predicted octanol–water partition coefficient (Wildman–Crippen LogP) is 1.08. The van der Waals surface area contributed by atoms with Crippen molar-refractivity contribution in [2.24, 2.45) is 5.92 Å². The third kappa shape index (κ3) is 3.44. The Morgan fingerprint density at radius 1 is 1.40 bits per heavy atom. The molecule has 0 aromatic rings. The van der Waals surface area contributed by atoms with Gasteiger partial charge in [-0.1, -0.05) is 13.8 Å². The largest absolute Gasteiger partial charge is 0.394 e. The molecule has 0 aromatic carbocycles. The van der Waals surface area contributed by atoms with Gasteiger partial charge in [-0.25, -0.2) is 0 Å². The van der Waals surface area contributed by atoms with E-state index in [0.717, 1.165) is 19.6 Å². The van der Waals surface area contributed by atoms with Crippen molar-refractivity contribution >= 4 is 0 Å². The maximum absolute atomic E-state index is 9.65. The summed E-state index contributed by atoms with van der Waals surface area (Å²) in [6.45, 7) is 7.60. The Labute approximate surface area is 93.9 Å². The van der Waals surface area contributed by atoms with Gasteiger partial charge in [0.05, 0.1) is 12.1 Å². The van der Waals surface area contributed by atoms with Crippen LogP contribution in [0, 0.1) is 5.92 Å². The van der Waals surface area contributed by atoms with Crippen LogP contribution in [0.15, 0.2) is 0 Å². The van der Waals surface area contributed by atoms with E-state index in [1.165, 1.54) is 19.3 Å². The normalized spacial score (nSPS) is 20.6. The van der Waals surface area contributed by atoms with E-state index < -0.39 is 0 Å². The number of likely N-dealkylation sites (N-methyl/N-ethyl adjacent to an activating group) is 2. The zero-order valence-corrected chi connectivity index (χ0v) is 10.4. The Balaban J connectivity index is 2.53. The van der Waals surface area contributed by atoms with E-state index in [0.29, 0.717) is 5.92 Å². The van der Waals surface area contributed by atoms with Gasteiger partial charge < -0.3 is 15.3 Å². The maximum atomic E-state index is 9.65. The van der Waals surface area contributed by atoms with Crippen LogP contribution in [0.1, 0.15) is 33.1 Å². The molecule has 0 radical (unpaired) electrons. The van der Waals surface area contributed by atoms with Crippen molar-refractivity contribution in [1.82, 2.24) is 10.2 Å². The van der Waals surface area contributed by atoms with Crippen LogP contribution >= 0.6 is 0 Å². The van der Waals surface area contributed by atoms with Crippen molar-refractivity contribution in [3.63, 3.8) is 0 Å². The fourth-order valence-corrected chi connectivity index (χ4v) is 2.49. The summed E-state index contributed by atoms with van der Waals surface area (Å²) in [5, 5.41) is 13.2. The standard InChI is InChI=1S/C12H26N2O/c1-4-8-14(3)9-12(10-15,13-5-2)11-6-7-11/h11,13,15H,4-10H2,1-3H3. The molecule has 0 aromatic heterocycles. The van der Waals surface area contributed by atoms with Crippen LogP contribution in [0.4, 0.5) is 0 Å². The van der Waals surface area contributed by atoms with E-state index in [1.54, 1.807) is 0 Å². The molecule has 1 atom stereocenters. The average molecular weight is 214 g/mol. The summed E-state index contributed by atoms with van der Waals surface area (Å²) in [7, 11) is 2.15. The molecule has 2 N–H and O–H groups in total. The molecule has 3 nitrogen and oxygen atoms in total. The van der Waals surface area contributed by atoms with Crippen molar-refractivity contribution in [3.05, 3.63) is 0 Å². The molecule has 0 spiro atoms. The molecule has 0 aliphatic heterocycles. The highest BCUT2D eigenvalue weighted by molar-refractivity contribution is 5.02. The fourth-order valence-electron chi connectivity index (χ4n) is 2.49. The molecule has 1 aliphatic rings. The lowest BCUT2D eigenvalue weighted by atomic mass is 9.93. The minimum absolute atomic E-state index is 0.0430. The first-order valence-corrected chi connectivity index (χ1v) is 6.23. The molecular formula is C12H26N2O. The van der Waals surface area contributed by atoms with E-state index in [9.17, 15) is 5.11 Å². The Morgan fingerprint density at radius 2 is 2.07 bits per heavy atom. The second kappa shape index (κ2) is 5.83. The predicted molar refractivity (Wildman–Crippen MR) is 64.0 cm³/mol. The number of hydrogen-bond acceptors (Lipinski definition) is 3. The third-order valence-electron chi connectivity index (χ3n) is 3.33. The number of aliphatic hydroxyl groups excluding tert-OH is 1. The van der Waals surface area contributed by atoms with Crippen molar-refractivity contribution in [1.29, 1.82) is 0 Å². The summed E-state index contributed by atoms with van der Waals surface area (Å²) in [5.74, 6) is 0.682. The second-order valence-electron chi connectivity index (χ2n) is 4.86. The second-order valence-corrected chi connectivity index (χ2v) is 4.86. The molecule has 0 bridgehead atoms. The van der Waals surface area contributed by atoms with Crippen LogP contribution in [0.5, 0.6) is 0 Å². The van der Waals surface area contributed by atoms with Crippen LogP contribution in [-0.2, 0) is 0 Å². The first-order valence-electron chi connectivity index (χ1n) is 6.23. The third-order valence-corrected chi connectivity index (χ3v) is 3.33. The van der Waals surface area contributed by atoms with Gasteiger partial charge >= 0.3 is 0 Å². The van der Waals surface area contributed by atoms with E-state index in [4.69, 9.17) is 0 Å². The fraction of sp³-hybridized carbons (Fsp3) is 1.00. The zero-order valence-electron chi connectivity index (χ0n) is 10.4. The van der Waals surface area contributed by atoms with Crippen LogP contribution in [0.2, 0.25) is 0 Å². The summed E-state index contributed by atoms with van der Waals surface area (Å²) in [4.78, 5) is 2.33. The molecule has 0 heterocycles. The first-order chi connectivity index (χ1) is 7.18. The number of nitrogens with zero attached hydrogens (tertiary/aromatic N) is 1. The molecule has 0 saturated heterocycles. The summed E-state index contributed by atoms with van der Waals surface area (Å²) in [5.41, 5.74) is -0.0430. The van der Waals surface area contributed by atoms with Gasteiger partial charge in [0.2, 0.25) is 0 Å². The molecule has 1 aliphatic carbocycles. The van der Waals surface area contributed by atoms with Crippen LogP contribution < -0.4 is 5.32 Å². The van der Waals surface area contributed by atoms with Gasteiger partial charge in [-0.15, -0.1) is 0 Å². The van der Waals surface area contributed by atoms with Gasteiger partial charge in [-0.3, -0.25) is 0 Å². The van der Waals surface area contributed by atoms with Crippen molar-refractivity contribution in [3.8, 4) is 0 Å². The lowest BCUT2D eigenvalue weighted by molar-refractivity contribution is 0.102. The summed E-state index contributed by atoms with van der Waals surface area (Å²) in [6, 6.07) is 0. The lowest BCUT2D eigenvalue weighted by Crippen LogP contribution is -2.57. The van der Waals surface area contributed by atoms with Crippen LogP contribution in [-0.4, -0.2) is 48.8 Å². The average Bonchev–Trinajstić information content (AvgIpc) is 3.01. The van der Waals surface area contributed by atoms with Crippen LogP contribution in [0.25, 0.3) is 0 Å². The van der Waals surface area contributed by atoms with Gasteiger partial charge in [-0.05, 0) is 45.3 Å². The SMILES string of the molecule is CCCN(C)CC(CO)(NCC)C1CC1. The molecule has 1 unspecified atom stereocenters. The number of rotatable bonds is 8. The highest BCUT2D eigenvalue weighted by Crippen LogP contribution is 2.39. The Morgan fingerprint density at radius 3 is 2.47 bits per heavy atom. The monoisotopic (exact) mass is 214 g/mol. The van der Waals surface area contributed by atoms with Crippen LogP contribution in [0.3, 0.4) is 0 Å². The van der Waals surface area contributed by atoms with Gasteiger partial charge in [0.1, 0.15) is 0 Å².